The summed E-state index contributed by atoms with van der Waals surface area (Å²) in [6.45, 7) is 3.32. The fourth-order valence-electron chi connectivity index (χ4n) is 3.32. The van der Waals surface area contributed by atoms with Crippen molar-refractivity contribution in [2.75, 3.05) is 26.2 Å². The predicted molar refractivity (Wildman–Crippen MR) is 101 cm³/mol. The number of Topliss-reactive ketones (excluding diaryl/α,β-unsaturated/α-hetero) is 1. The molecular formula is C20H26N2O6. The van der Waals surface area contributed by atoms with E-state index in [4.69, 9.17) is 9.84 Å². The highest BCUT2D eigenvalue weighted by molar-refractivity contribution is 5.94. The SMILES string of the molecule is CC(=O)c1cccc(OCC(=O)N2CCCC(N(CC(=O)O)C(C)=O)CC2)c1. The maximum Gasteiger partial charge on any atom is 0.323 e. The van der Waals surface area contributed by atoms with Gasteiger partial charge in [-0.05, 0) is 38.3 Å². The van der Waals surface area contributed by atoms with Crippen molar-refractivity contribution < 1.29 is 29.0 Å². The van der Waals surface area contributed by atoms with Crippen molar-refractivity contribution >= 4 is 23.6 Å². The van der Waals surface area contributed by atoms with E-state index in [1.54, 1.807) is 29.2 Å². The van der Waals surface area contributed by atoms with E-state index in [9.17, 15) is 19.2 Å². The van der Waals surface area contributed by atoms with Crippen LogP contribution < -0.4 is 4.74 Å². The smallest absolute Gasteiger partial charge is 0.323 e. The fourth-order valence-corrected chi connectivity index (χ4v) is 3.32. The average molecular weight is 390 g/mol. The third kappa shape index (κ3) is 6.07. The highest BCUT2D eigenvalue weighted by atomic mass is 16.5. The minimum absolute atomic E-state index is 0.0771. The van der Waals surface area contributed by atoms with Crippen LogP contribution in [-0.2, 0) is 14.4 Å². The number of carbonyl (C=O) groups is 4. The quantitative estimate of drug-likeness (QED) is 0.709. The van der Waals surface area contributed by atoms with Crippen LogP contribution in [0.5, 0.6) is 5.75 Å². The van der Waals surface area contributed by atoms with Crippen LogP contribution in [0.3, 0.4) is 0 Å². The molecule has 2 rings (SSSR count). The lowest BCUT2D eigenvalue weighted by atomic mass is 10.1. The molecule has 1 aromatic rings. The number of carboxylic acids is 1. The number of carboxylic acid groups (broad SMARTS) is 1. The van der Waals surface area contributed by atoms with Crippen LogP contribution in [-0.4, -0.2) is 70.8 Å². The number of ketones is 1. The lowest BCUT2D eigenvalue weighted by Gasteiger charge is -2.28. The Morgan fingerprint density at radius 1 is 1.18 bits per heavy atom. The Labute approximate surface area is 164 Å². The van der Waals surface area contributed by atoms with E-state index in [1.165, 1.54) is 18.7 Å². The van der Waals surface area contributed by atoms with Gasteiger partial charge in [0.1, 0.15) is 12.3 Å². The zero-order chi connectivity index (χ0) is 20.7. The third-order valence-electron chi connectivity index (χ3n) is 4.80. The van der Waals surface area contributed by atoms with Crippen LogP contribution >= 0.6 is 0 Å². The molecule has 8 heteroatoms. The molecule has 1 heterocycles. The molecule has 0 aromatic heterocycles. The van der Waals surface area contributed by atoms with E-state index in [0.717, 1.165) is 0 Å². The van der Waals surface area contributed by atoms with Crippen molar-refractivity contribution in [1.82, 2.24) is 9.80 Å². The molecule has 8 nitrogen and oxygen atoms in total. The minimum atomic E-state index is -1.05. The first-order chi connectivity index (χ1) is 13.3. The molecule has 1 atom stereocenters. The van der Waals surface area contributed by atoms with Gasteiger partial charge in [0, 0.05) is 31.6 Å². The van der Waals surface area contributed by atoms with Gasteiger partial charge in [0.25, 0.3) is 5.91 Å². The summed E-state index contributed by atoms with van der Waals surface area (Å²) in [5.74, 6) is -1.12. The number of carbonyl (C=O) groups excluding carboxylic acids is 3. The molecule has 0 radical (unpaired) electrons. The Balaban J connectivity index is 1.91. The first-order valence-electron chi connectivity index (χ1n) is 9.28. The van der Waals surface area contributed by atoms with Crippen molar-refractivity contribution in [1.29, 1.82) is 0 Å². The number of amides is 2. The highest BCUT2D eigenvalue weighted by Gasteiger charge is 2.27. The molecule has 0 spiro atoms. The van der Waals surface area contributed by atoms with E-state index in [0.29, 0.717) is 43.7 Å². The normalized spacial score (nSPS) is 16.8. The Kier molecular flexibility index (Phi) is 7.54. The molecule has 152 valence electrons. The van der Waals surface area contributed by atoms with Gasteiger partial charge in [-0.3, -0.25) is 19.2 Å². The molecule has 1 fully saturated rings. The zero-order valence-corrected chi connectivity index (χ0v) is 16.2. The first-order valence-corrected chi connectivity index (χ1v) is 9.28. The zero-order valence-electron chi connectivity index (χ0n) is 16.2. The van der Waals surface area contributed by atoms with Gasteiger partial charge >= 0.3 is 5.97 Å². The molecular weight excluding hydrogens is 364 g/mol. The van der Waals surface area contributed by atoms with E-state index in [1.807, 2.05) is 0 Å². The summed E-state index contributed by atoms with van der Waals surface area (Å²) in [6, 6.07) is 6.48. The molecule has 0 bridgehead atoms. The second kappa shape index (κ2) is 9.87. The molecule has 28 heavy (non-hydrogen) atoms. The molecule has 1 aromatic carbocycles. The monoisotopic (exact) mass is 390 g/mol. The highest BCUT2D eigenvalue weighted by Crippen LogP contribution is 2.18. The Hall–Kier alpha value is -2.90. The van der Waals surface area contributed by atoms with Crippen LogP contribution in [0.25, 0.3) is 0 Å². The summed E-state index contributed by atoms with van der Waals surface area (Å²) >= 11 is 0. The standard InChI is InChI=1S/C20H26N2O6/c1-14(23)16-5-3-7-18(11-16)28-13-19(25)21-9-4-6-17(8-10-21)22(15(2)24)12-20(26)27/h3,5,7,11,17H,4,6,8-10,12-13H2,1-2H3,(H,26,27). The number of ether oxygens (including phenoxy) is 1. The van der Waals surface area contributed by atoms with Crippen LogP contribution in [0.4, 0.5) is 0 Å². The summed E-state index contributed by atoms with van der Waals surface area (Å²) in [5.41, 5.74) is 0.519. The molecule has 0 aliphatic carbocycles. The summed E-state index contributed by atoms with van der Waals surface area (Å²) in [7, 11) is 0. The Bertz CT molecular complexity index is 748. The number of likely N-dealkylation sites (tertiary alicyclic amines) is 1. The van der Waals surface area contributed by atoms with Gasteiger partial charge in [-0.15, -0.1) is 0 Å². The third-order valence-corrected chi connectivity index (χ3v) is 4.80. The molecule has 0 saturated carbocycles. The maximum absolute atomic E-state index is 12.5. The Morgan fingerprint density at radius 2 is 1.93 bits per heavy atom. The number of hydrogen-bond acceptors (Lipinski definition) is 5. The van der Waals surface area contributed by atoms with Crippen molar-refractivity contribution in [2.45, 2.75) is 39.2 Å². The first kappa shape index (κ1) is 21.4. The van der Waals surface area contributed by atoms with Gasteiger partial charge in [0.05, 0.1) is 0 Å². The molecule has 2 amide bonds. The molecule has 1 N–H and O–H groups in total. The Morgan fingerprint density at radius 3 is 2.57 bits per heavy atom. The summed E-state index contributed by atoms with van der Waals surface area (Å²) in [5, 5.41) is 9.01. The maximum atomic E-state index is 12.5. The lowest BCUT2D eigenvalue weighted by Crippen LogP contribution is -2.43. The van der Waals surface area contributed by atoms with Gasteiger partial charge < -0.3 is 19.6 Å². The van der Waals surface area contributed by atoms with E-state index in [2.05, 4.69) is 0 Å². The van der Waals surface area contributed by atoms with Crippen molar-refractivity contribution in [2.24, 2.45) is 0 Å². The lowest BCUT2D eigenvalue weighted by molar-refractivity contribution is -0.145. The van der Waals surface area contributed by atoms with Crippen molar-refractivity contribution in [3.63, 3.8) is 0 Å². The van der Waals surface area contributed by atoms with E-state index in [-0.39, 0.29) is 36.8 Å². The predicted octanol–water partition coefficient (Wildman–Crippen LogP) is 1.58. The minimum Gasteiger partial charge on any atom is -0.484 e. The van der Waals surface area contributed by atoms with Crippen LogP contribution in [0, 0.1) is 0 Å². The summed E-state index contributed by atoms with van der Waals surface area (Å²) in [6.07, 6.45) is 1.86. The largest absolute Gasteiger partial charge is 0.484 e. The topological polar surface area (TPSA) is 104 Å². The van der Waals surface area contributed by atoms with Crippen molar-refractivity contribution in [3.05, 3.63) is 29.8 Å². The molecule has 1 unspecified atom stereocenters. The van der Waals surface area contributed by atoms with Gasteiger partial charge in [0.15, 0.2) is 12.4 Å². The second-order valence-corrected chi connectivity index (χ2v) is 6.88. The summed E-state index contributed by atoms with van der Waals surface area (Å²) in [4.78, 5) is 49.7. The molecule has 1 aliphatic rings. The van der Waals surface area contributed by atoms with E-state index < -0.39 is 5.97 Å². The fraction of sp³-hybridized carbons (Fsp3) is 0.500. The second-order valence-electron chi connectivity index (χ2n) is 6.88. The van der Waals surface area contributed by atoms with E-state index >= 15 is 0 Å². The number of benzene rings is 1. The van der Waals surface area contributed by atoms with Gasteiger partial charge in [0.2, 0.25) is 5.91 Å². The number of aliphatic carboxylic acids is 1. The van der Waals surface area contributed by atoms with Gasteiger partial charge in [-0.25, -0.2) is 0 Å². The van der Waals surface area contributed by atoms with Crippen LogP contribution in [0.15, 0.2) is 24.3 Å². The number of nitrogens with zero attached hydrogens (tertiary/aromatic N) is 2. The van der Waals surface area contributed by atoms with Gasteiger partial charge in [-0.1, -0.05) is 12.1 Å². The summed E-state index contributed by atoms with van der Waals surface area (Å²) < 4.78 is 5.53. The van der Waals surface area contributed by atoms with Gasteiger partial charge in [-0.2, -0.15) is 0 Å². The molecule has 1 aliphatic heterocycles. The molecule has 1 saturated heterocycles. The van der Waals surface area contributed by atoms with Crippen LogP contribution in [0.2, 0.25) is 0 Å². The van der Waals surface area contributed by atoms with Crippen LogP contribution in [0.1, 0.15) is 43.5 Å². The number of rotatable bonds is 7. The average Bonchev–Trinajstić information content (AvgIpc) is 2.90. The van der Waals surface area contributed by atoms with Crippen molar-refractivity contribution in [3.8, 4) is 5.75 Å². The number of hydrogen-bond donors (Lipinski definition) is 1.